The van der Waals surface area contributed by atoms with Gasteiger partial charge in [-0.15, -0.1) is 11.3 Å². The van der Waals surface area contributed by atoms with Crippen LogP contribution in [0, 0.1) is 12.7 Å². The van der Waals surface area contributed by atoms with E-state index in [0.29, 0.717) is 0 Å². The molecular formula is C13H15FN2S. The lowest BCUT2D eigenvalue weighted by molar-refractivity contribution is 0.625. The van der Waals surface area contributed by atoms with Crippen LogP contribution in [0.25, 0.3) is 0 Å². The summed E-state index contributed by atoms with van der Waals surface area (Å²) in [6, 6.07) is 6.75. The van der Waals surface area contributed by atoms with Crippen LogP contribution in [-0.2, 0) is 12.8 Å². The first kappa shape index (κ1) is 12.0. The molecule has 1 aromatic carbocycles. The van der Waals surface area contributed by atoms with Gasteiger partial charge in [0.05, 0.1) is 5.69 Å². The third-order valence-corrected chi connectivity index (χ3v) is 3.68. The van der Waals surface area contributed by atoms with Crippen LogP contribution in [0.15, 0.2) is 24.3 Å². The van der Waals surface area contributed by atoms with Crippen molar-refractivity contribution in [1.29, 1.82) is 0 Å². The second-order valence-corrected chi connectivity index (χ2v) is 5.11. The Bertz CT molecular complexity index is 508. The van der Waals surface area contributed by atoms with Crippen LogP contribution >= 0.6 is 11.3 Å². The Morgan fingerprint density at radius 1 is 1.35 bits per heavy atom. The second-order valence-electron chi connectivity index (χ2n) is 3.90. The summed E-state index contributed by atoms with van der Waals surface area (Å²) in [6.45, 7) is 2.07. The maximum absolute atomic E-state index is 13.0. The van der Waals surface area contributed by atoms with Crippen LogP contribution < -0.4 is 5.32 Å². The number of thiazole rings is 1. The number of halogens is 1. The van der Waals surface area contributed by atoms with Crippen molar-refractivity contribution >= 4 is 16.5 Å². The summed E-state index contributed by atoms with van der Waals surface area (Å²) in [5.41, 5.74) is 2.12. The Hall–Kier alpha value is -1.42. The minimum absolute atomic E-state index is 0.173. The van der Waals surface area contributed by atoms with E-state index < -0.39 is 0 Å². The number of nitrogens with zero attached hydrogens (tertiary/aromatic N) is 1. The van der Waals surface area contributed by atoms with Crippen molar-refractivity contribution in [3.8, 4) is 0 Å². The highest BCUT2D eigenvalue weighted by molar-refractivity contribution is 7.15. The molecule has 0 aliphatic carbocycles. The van der Waals surface area contributed by atoms with Crippen molar-refractivity contribution in [2.75, 3.05) is 12.4 Å². The Morgan fingerprint density at radius 2 is 2.18 bits per heavy atom. The van der Waals surface area contributed by atoms with Gasteiger partial charge in [0.1, 0.15) is 5.82 Å². The summed E-state index contributed by atoms with van der Waals surface area (Å²) in [5, 5.41) is 3.98. The van der Waals surface area contributed by atoms with Gasteiger partial charge in [-0.05, 0) is 37.5 Å². The lowest BCUT2D eigenvalue weighted by Gasteiger charge is -2.00. The minimum Gasteiger partial charge on any atom is -0.365 e. The third-order valence-electron chi connectivity index (χ3n) is 2.65. The summed E-state index contributed by atoms with van der Waals surface area (Å²) >= 11 is 1.66. The van der Waals surface area contributed by atoms with Crippen molar-refractivity contribution in [1.82, 2.24) is 4.98 Å². The molecule has 0 aliphatic heterocycles. The van der Waals surface area contributed by atoms with Gasteiger partial charge in [-0.3, -0.25) is 0 Å². The molecule has 2 rings (SSSR count). The fourth-order valence-corrected chi connectivity index (χ4v) is 2.54. The van der Waals surface area contributed by atoms with Crippen molar-refractivity contribution < 1.29 is 4.39 Å². The standard InChI is InChI=1S/C13H15FN2S/c1-9-12(16-13(15-2)17-9)7-6-10-4-3-5-11(14)8-10/h3-5,8H,6-7H2,1-2H3,(H,15,16). The van der Waals surface area contributed by atoms with Gasteiger partial charge in [0.15, 0.2) is 5.13 Å². The minimum atomic E-state index is -0.173. The quantitative estimate of drug-likeness (QED) is 0.899. The molecule has 0 aliphatic rings. The summed E-state index contributed by atoms with van der Waals surface area (Å²) in [7, 11) is 1.87. The summed E-state index contributed by atoms with van der Waals surface area (Å²) in [6.07, 6.45) is 1.68. The van der Waals surface area contributed by atoms with Crippen molar-refractivity contribution in [2.24, 2.45) is 0 Å². The first-order valence-electron chi connectivity index (χ1n) is 5.57. The highest BCUT2D eigenvalue weighted by atomic mass is 32.1. The van der Waals surface area contributed by atoms with Gasteiger partial charge in [-0.2, -0.15) is 0 Å². The number of hydrogen-bond donors (Lipinski definition) is 1. The summed E-state index contributed by atoms with van der Waals surface area (Å²) in [4.78, 5) is 5.71. The van der Waals surface area contributed by atoms with Crippen molar-refractivity contribution in [3.05, 3.63) is 46.2 Å². The summed E-state index contributed by atoms with van der Waals surface area (Å²) < 4.78 is 13.0. The monoisotopic (exact) mass is 250 g/mol. The molecule has 0 radical (unpaired) electrons. The molecule has 90 valence electrons. The highest BCUT2D eigenvalue weighted by Gasteiger charge is 2.06. The number of rotatable bonds is 4. The topological polar surface area (TPSA) is 24.9 Å². The average molecular weight is 250 g/mol. The molecule has 0 saturated heterocycles. The molecule has 0 bridgehead atoms. The zero-order valence-electron chi connectivity index (χ0n) is 9.96. The van der Waals surface area contributed by atoms with Crippen LogP contribution in [0.3, 0.4) is 0 Å². The number of benzene rings is 1. The lowest BCUT2D eigenvalue weighted by atomic mass is 10.1. The van der Waals surface area contributed by atoms with Gasteiger partial charge >= 0.3 is 0 Å². The van der Waals surface area contributed by atoms with Crippen LogP contribution in [0.5, 0.6) is 0 Å². The summed E-state index contributed by atoms with van der Waals surface area (Å²) in [5.74, 6) is -0.173. The molecule has 2 nitrogen and oxygen atoms in total. The van der Waals surface area contributed by atoms with E-state index in [2.05, 4.69) is 17.2 Å². The molecule has 0 amide bonds. The first-order chi connectivity index (χ1) is 8.19. The number of aryl methyl sites for hydroxylation is 3. The highest BCUT2D eigenvalue weighted by Crippen LogP contribution is 2.22. The SMILES string of the molecule is CNc1nc(CCc2cccc(F)c2)c(C)s1. The van der Waals surface area contributed by atoms with Gasteiger partial charge in [0.2, 0.25) is 0 Å². The smallest absolute Gasteiger partial charge is 0.182 e. The Labute approximate surface area is 105 Å². The van der Waals surface area contributed by atoms with Gasteiger partial charge in [0, 0.05) is 11.9 Å². The molecule has 0 unspecified atom stereocenters. The number of nitrogens with one attached hydrogen (secondary N) is 1. The molecule has 1 aromatic heterocycles. The normalized spacial score (nSPS) is 10.5. The Kier molecular flexibility index (Phi) is 3.74. The van der Waals surface area contributed by atoms with E-state index in [9.17, 15) is 4.39 Å². The molecule has 0 saturated carbocycles. The van der Waals surface area contributed by atoms with E-state index in [1.165, 1.54) is 10.9 Å². The maximum Gasteiger partial charge on any atom is 0.182 e. The maximum atomic E-state index is 13.0. The third kappa shape index (κ3) is 3.03. The van der Waals surface area contributed by atoms with Crippen LogP contribution in [0.1, 0.15) is 16.1 Å². The van der Waals surface area contributed by atoms with E-state index in [0.717, 1.165) is 29.2 Å². The first-order valence-corrected chi connectivity index (χ1v) is 6.39. The number of anilines is 1. The molecule has 4 heteroatoms. The van der Waals surface area contributed by atoms with Crippen LogP contribution in [0.2, 0.25) is 0 Å². The van der Waals surface area contributed by atoms with Crippen molar-refractivity contribution in [2.45, 2.75) is 19.8 Å². The zero-order chi connectivity index (χ0) is 12.3. The van der Waals surface area contributed by atoms with Gasteiger partial charge < -0.3 is 5.32 Å². The van der Waals surface area contributed by atoms with E-state index in [1.54, 1.807) is 23.5 Å². The Balaban J connectivity index is 2.04. The Morgan fingerprint density at radius 3 is 2.82 bits per heavy atom. The fourth-order valence-electron chi connectivity index (χ4n) is 1.72. The molecule has 1 N–H and O–H groups in total. The van der Waals surface area contributed by atoms with Gasteiger partial charge in [-0.1, -0.05) is 12.1 Å². The van der Waals surface area contributed by atoms with Crippen LogP contribution in [0.4, 0.5) is 9.52 Å². The molecule has 2 aromatic rings. The fraction of sp³-hybridized carbons (Fsp3) is 0.308. The number of hydrogen-bond acceptors (Lipinski definition) is 3. The zero-order valence-corrected chi connectivity index (χ0v) is 10.8. The largest absolute Gasteiger partial charge is 0.365 e. The molecular weight excluding hydrogens is 235 g/mol. The molecule has 0 spiro atoms. The average Bonchev–Trinajstić information content (AvgIpc) is 2.68. The van der Waals surface area contributed by atoms with E-state index in [-0.39, 0.29) is 5.82 Å². The van der Waals surface area contributed by atoms with E-state index in [4.69, 9.17) is 0 Å². The molecule has 17 heavy (non-hydrogen) atoms. The van der Waals surface area contributed by atoms with E-state index in [1.807, 2.05) is 13.1 Å². The van der Waals surface area contributed by atoms with Crippen molar-refractivity contribution in [3.63, 3.8) is 0 Å². The van der Waals surface area contributed by atoms with Gasteiger partial charge in [0.25, 0.3) is 0 Å². The van der Waals surface area contributed by atoms with Gasteiger partial charge in [-0.25, -0.2) is 9.37 Å². The van der Waals surface area contributed by atoms with E-state index >= 15 is 0 Å². The molecule has 0 fully saturated rings. The lowest BCUT2D eigenvalue weighted by Crippen LogP contribution is -1.95. The predicted octanol–water partition coefficient (Wildman–Crippen LogP) is 3.42. The van der Waals surface area contributed by atoms with Crippen LogP contribution in [-0.4, -0.2) is 12.0 Å². The molecule has 1 heterocycles. The number of aromatic nitrogens is 1. The second kappa shape index (κ2) is 5.27. The molecule has 0 atom stereocenters. The predicted molar refractivity (Wildman–Crippen MR) is 70.2 cm³/mol.